The molecule has 1 amide bonds. The first-order valence-electron chi connectivity index (χ1n) is 9.69. The molecule has 0 unspecified atom stereocenters. The maximum absolute atomic E-state index is 12.7. The summed E-state index contributed by atoms with van der Waals surface area (Å²) in [6.45, 7) is 4.11. The number of nitrogens with one attached hydrogen (secondary N) is 1. The van der Waals surface area contributed by atoms with Gasteiger partial charge < -0.3 is 4.57 Å². The highest BCUT2D eigenvalue weighted by molar-refractivity contribution is 7.92. The molecule has 0 radical (unpaired) electrons. The standard InChI is InChI=1S/C23H20ClN3O3S2/c1-14-4-13-20-21(15(14)2)27(3)23(31-20)25-22(28)16-5-9-18(10-6-16)26-32(29,30)19-11-7-17(24)8-12-19/h4-13,26H,1-3H3. The molecule has 6 nitrogen and oxygen atoms in total. The van der Waals surface area contributed by atoms with Crippen LogP contribution in [0.4, 0.5) is 5.69 Å². The van der Waals surface area contributed by atoms with Crippen molar-refractivity contribution in [3.63, 3.8) is 0 Å². The van der Waals surface area contributed by atoms with Gasteiger partial charge in [0.15, 0.2) is 4.80 Å². The number of hydrogen-bond donors (Lipinski definition) is 1. The molecule has 0 saturated heterocycles. The second-order valence-electron chi connectivity index (χ2n) is 7.35. The van der Waals surface area contributed by atoms with E-state index in [9.17, 15) is 13.2 Å². The number of thiazole rings is 1. The molecular formula is C23H20ClN3O3S2. The summed E-state index contributed by atoms with van der Waals surface area (Å²) >= 11 is 7.27. The van der Waals surface area contributed by atoms with E-state index in [4.69, 9.17) is 11.6 Å². The molecule has 1 N–H and O–H groups in total. The van der Waals surface area contributed by atoms with Crippen molar-refractivity contribution in [1.82, 2.24) is 4.57 Å². The van der Waals surface area contributed by atoms with Gasteiger partial charge in [-0.05, 0) is 79.6 Å². The fourth-order valence-electron chi connectivity index (χ4n) is 3.30. The Balaban J connectivity index is 1.59. The summed E-state index contributed by atoms with van der Waals surface area (Å²) in [6.07, 6.45) is 0. The lowest BCUT2D eigenvalue weighted by molar-refractivity contribution is 0.0998. The smallest absolute Gasteiger partial charge is 0.279 e. The molecule has 4 aromatic rings. The molecule has 1 aromatic heterocycles. The van der Waals surface area contributed by atoms with Crippen LogP contribution in [0.3, 0.4) is 0 Å². The number of carbonyl (C=O) groups is 1. The van der Waals surface area contributed by atoms with Gasteiger partial charge in [-0.2, -0.15) is 4.99 Å². The zero-order chi connectivity index (χ0) is 23.0. The molecule has 0 aliphatic carbocycles. The molecular weight excluding hydrogens is 466 g/mol. The number of amides is 1. The highest BCUT2D eigenvalue weighted by atomic mass is 35.5. The number of sulfonamides is 1. The molecule has 164 valence electrons. The topological polar surface area (TPSA) is 80.5 Å². The number of rotatable bonds is 4. The average Bonchev–Trinajstić information content (AvgIpc) is 3.07. The molecule has 3 aromatic carbocycles. The fourth-order valence-corrected chi connectivity index (χ4v) is 5.56. The predicted molar refractivity (Wildman–Crippen MR) is 129 cm³/mol. The maximum Gasteiger partial charge on any atom is 0.279 e. The van der Waals surface area contributed by atoms with E-state index < -0.39 is 15.9 Å². The third kappa shape index (κ3) is 4.34. The summed E-state index contributed by atoms with van der Waals surface area (Å²) in [4.78, 5) is 17.7. The van der Waals surface area contributed by atoms with Crippen molar-refractivity contribution < 1.29 is 13.2 Å². The van der Waals surface area contributed by atoms with Gasteiger partial charge in [0.05, 0.1) is 15.1 Å². The number of benzene rings is 3. The fraction of sp³-hybridized carbons (Fsp3) is 0.130. The highest BCUT2D eigenvalue weighted by Crippen LogP contribution is 2.23. The van der Waals surface area contributed by atoms with Crippen LogP contribution in [-0.4, -0.2) is 18.9 Å². The number of hydrogen-bond acceptors (Lipinski definition) is 4. The lowest BCUT2D eigenvalue weighted by atomic mass is 10.1. The SMILES string of the molecule is Cc1ccc2sc(=NC(=O)c3ccc(NS(=O)(=O)c4ccc(Cl)cc4)cc3)n(C)c2c1C. The minimum atomic E-state index is -3.76. The number of halogens is 1. The van der Waals surface area contributed by atoms with Crippen LogP contribution in [0.2, 0.25) is 5.02 Å². The van der Waals surface area contributed by atoms with Crippen molar-refractivity contribution in [2.75, 3.05) is 4.72 Å². The van der Waals surface area contributed by atoms with E-state index in [1.54, 1.807) is 12.1 Å². The van der Waals surface area contributed by atoms with Crippen molar-refractivity contribution in [2.45, 2.75) is 18.7 Å². The van der Waals surface area contributed by atoms with Crippen molar-refractivity contribution in [2.24, 2.45) is 12.0 Å². The van der Waals surface area contributed by atoms with Crippen LogP contribution in [0.5, 0.6) is 0 Å². The monoisotopic (exact) mass is 485 g/mol. The van der Waals surface area contributed by atoms with Crippen LogP contribution < -0.4 is 9.52 Å². The van der Waals surface area contributed by atoms with Gasteiger partial charge in [0.25, 0.3) is 15.9 Å². The van der Waals surface area contributed by atoms with E-state index in [0.29, 0.717) is 21.1 Å². The molecule has 0 atom stereocenters. The van der Waals surface area contributed by atoms with Crippen molar-refractivity contribution in [3.8, 4) is 0 Å². The first-order valence-corrected chi connectivity index (χ1v) is 12.4. The van der Waals surface area contributed by atoms with Crippen molar-refractivity contribution >= 4 is 54.8 Å². The first-order chi connectivity index (χ1) is 15.2. The largest absolute Gasteiger partial charge is 0.319 e. The van der Waals surface area contributed by atoms with E-state index in [1.807, 2.05) is 17.7 Å². The van der Waals surface area contributed by atoms with Gasteiger partial charge in [0.1, 0.15) is 0 Å². The number of aryl methyl sites for hydroxylation is 3. The van der Waals surface area contributed by atoms with Crippen LogP contribution in [0.25, 0.3) is 10.2 Å². The molecule has 0 fully saturated rings. The minimum Gasteiger partial charge on any atom is -0.319 e. The lowest BCUT2D eigenvalue weighted by Gasteiger charge is -2.08. The number of anilines is 1. The lowest BCUT2D eigenvalue weighted by Crippen LogP contribution is -2.14. The number of nitrogens with zero attached hydrogens (tertiary/aromatic N) is 2. The van der Waals surface area contributed by atoms with Crippen LogP contribution in [0.1, 0.15) is 21.5 Å². The molecule has 1 heterocycles. The normalized spacial score (nSPS) is 12.3. The molecule has 0 spiro atoms. The van der Waals surface area contributed by atoms with E-state index >= 15 is 0 Å². The summed E-state index contributed by atoms with van der Waals surface area (Å²) in [5, 5.41) is 0.452. The van der Waals surface area contributed by atoms with Crippen molar-refractivity contribution in [1.29, 1.82) is 0 Å². The van der Waals surface area contributed by atoms with E-state index in [2.05, 4.69) is 29.6 Å². The summed E-state index contributed by atoms with van der Waals surface area (Å²) in [7, 11) is -1.86. The molecule has 32 heavy (non-hydrogen) atoms. The van der Waals surface area contributed by atoms with Gasteiger partial charge in [-0.1, -0.05) is 29.0 Å². The Kier molecular flexibility index (Phi) is 5.94. The van der Waals surface area contributed by atoms with Gasteiger partial charge >= 0.3 is 0 Å². The Morgan fingerprint density at radius 3 is 2.31 bits per heavy atom. The third-order valence-electron chi connectivity index (χ3n) is 5.19. The van der Waals surface area contributed by atoms with Gasteiger partial charge in [-0.25, -0.2) is 8.42 Å². The zero-order valence-corrected chi connectivity index (χ0v) is 20.0. The first kappa shape index (κ1) is 22.3. The van der Waals surface area contributed by atoms with Gasteiger partial charge in [0.2, 0.25) is 0 Å². The Labute approximate surface area is 194 Å². The Morgan fingerprint density at radius 2 is 1.66 bits per heavy atom. The molecule has 0 aliphatic heterocycles. The number of aromatic nitrogens is 1. The summed E-state index contributed by atoms with van der Waals surface area (Å²) < 4.78 is 30.5. The summed E-state index contributed by atoms with van der Waals surface area (Å²) in [5.41, 5.74) is 4.11. The quantitative estimate of drug-likeness (QED) is 0.439. The molecule has 0 bridgehead atoms. The minimum absolute atomic E-state index is 0.0971. The van der Waals surface area contributed by atoms with Crippen LogP contribution in [0, 0.1) is 13.8 Å². The van der Waals surface area contributed by atoms with Gasteiger partial charge in [0, 0.05) is 23.3 Å². The zero-order valence-electron chi connectivity index (χ0n) is 17.6. The van der Waals surface area contributed by atoms with Crippen molar-refractivity contribution in [3.05, 3.63) is 87.2 Å². The summed E-state index contributed by atoms with van der Waals surface area (Å²) in [5.74, 6) is -0.395. The van der Waals surface area contributed by atoms with E-state index in [0.717, 1.165) is 15.8 Å². The molecule has 0 saturated carbocycles. The van der Waals surface area contributed by atoms with Gasteiger partial charge in [-0.3, -0.25) is 9.52 Å². The highest BCUT2D eigenvalue weighted by Gasteiger charge is 2.15. The molecule has 9 heteroatoms. The predicted octanol–water partition coefficient (Wildman–Crippen LogP) is 5.05. The third-order valence-corrected chi connectivity index (χ3v) is 7.94. The molecule has 0 aliphatic rings. The van der Waals surface area contributed by atoms with Gasteiger partial charge in [-0.15, -0.1) is 0 Å². The number of fused-ring (bicyclic) bond motifs is 1. The number of carbonyl (C=O) groups excluding carboxylic acids is 1. The van der Waals surface area contributed by atoms with Crippen LogP contribution in [0.15, 0.2) is 70.6 Å². The average molecular weight is 486 g/mol. The summed E-state index contributed by atoms with van der Waals surface area (Å²) in [6, 6.07) is 16.1. The molecule has 4 rings (SSSR count). The van der Waals surface area contributed by atoms with E-state index in [1.165, 1.54) is 53.3 Å². The Hall–Kier alpha value is -2.94. The Bertz CT molecular complexity index is 1500. The van der Waals surface area contributed by atoms with E-state index in [-0.39, 0.29) is 4.90 Å². The second kappa shape index (κ2) is 8.54. The Morgan fingerprint density at radius 1 is 1.00 bits per heavy atom. The van der Waals surface area contributed by atoms with Crippen LogP contribution >= 0.6 is 22.9 Å². The van der Waals surface area contributed by atoms with Crippen LogP contribution in [-0.2, 0) is 17.1 Å². The second-order valence-corrected chi connectivity index (χ2v) is 10.5. The maximum atomic E-state index is 12.7.